The Morgan fingerprint density at radius 3 is 2.80 bits per heavy atom. The van der Waals surface area contributed by atoms with Crippen LogP contribution in [0.3, 0.4) is 0 Å². The fourth-order valence-corrected chi connectivity index (χ4v) is 4.52. The zero-order valence-corrected chi connectivity index (χ0v) is 13.3. The van der Waals surface area contributed by atoms with Gasteiger partial charge in [-0.1, -0.05) is 19.1 Å². The third-order valence-corrected chi connectivity index (χ3v) is 5.98. The van der Waals surface area contributed by atoms with Gasteiger partial charge in [0.25, 0.3) is 0 Å². The van der Waals surface area contributed by atoms with E-state index < -0.39 is 10.0 Å². The van der Waals surface area contributed by atoms with Gasteiger partial charge >= 0.3 is 0 Å². The number of hydrogen-bond donors (Lipinski definition) is 1. The van der Waals surface area contributed by atoms with E-state index in [9.17, 15) is 8.42 Å². The summed E-state index contributed by atoms with van der Waals surface area (Å²) in [6.45, 7) is 7.57. The van der Waals surface area contributed by atoms with Crippen molar-refractivity contribution in [3.05, 3.63) is 29.8 Å². The third-order valence-electron chi connectivity index (χ3n) is 3.97. The van der Waals surface area contributed by atoms with Crippen LogP contribution in [0.5, 0.6) is 0 Å². The molecule has 1 aromatic carbocycles. The molecule has 1 heterocycles. The van der Waals surface area contributed by atoms with Crippen LogP contribution in [0.15, 0.2) is 29.2 Å². The topological polar surface area (TPSA) is 49.4 Å². The van der Waals surface area contributed by atoms with Gasteiger partial charge in [-0.2, -0.15) is 4.31 Å². The molecule has 112 valence electrons. The van der Waals surface area contributed by atoms with Crippen molar-refractivity contribution in [2.45, 2.75) is 50.6 Å². The minimum Gasteiger partial charge on any atom is -0.310 e. The van der Waals surface area contributed by atoms with Crippen LogP contribution in [-0.4, -0.2) is 31.9 Å². The Kier molecular flexibility index (Phi) is 4.83. The zero-order chi connectivity index (χ0) is 14.8. The molecule has 2 atom stereocenters. The average molecular weight is 296 g/mol. The van der Waals surface area contributed by atoms with E-state index in [0.29, 0.717) is 11.4 Å². The summed E-state index contributed by atoms with van der Waals surface area (Å²) in [4.78, 5) is 0.411. The monoisotopic (exact) mass is 296 g/mol. The minimum atomic E-state index is -3.35. The van der Waals surface area contributed by atoms with E-state index in [-0.39, 0.29) is 12.1 Å². The Hall–Kier alpha value is -0.910. The molecule has 1 aliphatic rings. The number of nitrogens with zero attached hydrogens (tertiary/aromatic N) is 1. The highest BCUT2D eigenvalue weighted by Crippen LogP contribution is 2.27. The molecule has 2 rings (SSSR count). The van der Waals surface area contributed by atoms with E-state index in [2.05, 4.69) is 5.32 Å². The van der Waals surface area contributed by atoms with Crippen LogP contribution >= 0.6 is 0 Å². The molecule has 0 radical (unpaired) electrons. The highest BCUT2D eigenvalue weighted by Gasteiger charge is 2.32. The maximum Gasteiger partial charge on any atom is 0.243 e. The van der Waals surface area contributed by atoms with Gasteiger partial charge in [0.2, 0.25) is 10.0 Å². The van der Waals surface area contributed by atoms with Crippen molar-refractivity contribution in [2.24, 2.45) is 0 Å². The summed E-state index contributed by atoms with van der Waals surface area (Å²) < 4.78 is 27.0. The van der Waals surface area contributed by atoms with Gasteiger partial charge in [0.05, 0.1) is 4.90 Å². The van der Waals surface area contributed by atoms with Crippen LogP contribution in [0, 0.1) is 0 Å². The van der Waals surface area contributed by atoms with Crippen molar-refractivity contribution in [3.8, 4) is 0 Å². The second-order valence-electron chi connectivity index (χ2n) is 5.46. The quantitative estimate of drug-likeness (QED) is 0.908. The Morgan fingerprint density at radius 2 is 2.20 bits per heavy atom. The molecular formula is C15H24N2O2S. The van der Waals surface area contributed by atoms with Gasteiger partial charge in [-0.3, -0.25) is 0 Å². The smallest absolute Gasteiger partial charge is 0.243 e. The van der Waals surface area contributed by atoms with Crippen LogP contribution in [0.2, 0.25) is 0 Å². The molecule has 1 saturated heterocycles. The number of benzene rings is 1. The number of hydrogen-bond acceptors (Lipinski definition) is 3. The van der Waals surface area contributed by atoms with Crippen molar-refractivity contribution < 1.29 is 8.42 Å². The lowest BCUT2D eigenvalue weighted by Crippen LogP contribution is -2.33. The normalized spacial score (nSPS) is 22.1. The van der Waals surface area contributed by atoms with Crippen LogP contribution in [0.25, 0.3) is 0 Å². The first-order valence-corrected chi connectivity index (χ1v) is 8.76. The third kappa shape index (κ3) is 3.05. The van der Waals surface area contributed by atoms with Crippen LogP contribution in [0.4, 0.5) is 0 Å². The lowest BCUT2D eigenvalue weighted by Gasteiger charge is -2.22. The summed E-state index contributed by atoms with van der Waals surface area (Å²) in [5.41, 5.74) is 1.01. The van der Waals surface area contributed by atoms with E-state index in [4.69, 9.17) is 0 Å². The maximum atomic E-state index is 12.7. The summed E-state index contributed by atoms with van der Waals surface area (Å²) in [6.07, 6.45) is 1.90. The molecule has 1 fully saturated rings. The molecule has 1 aromatic rings. The fourth-order valence-electron chi connectivity index (χ4n) is 2.77. The van der Waals surface area contributed by atoms with Crippen LogP contribution < -0.4 is 5.32 Å². The highest BCUT2D eigenvalue weighted by molar-refractivity contribution is 7.89. The summed E-state index contributed by atoms with van der Waals surface area (Å²) >= 11 is 0. The van der Waals surface area contributed by atoms with Crippen LogP contribution in [-0.2, 0) is 10.0 Å². The summed E-state index contributed by atoms with van der Waals surface area (Å²) in [5, 5.41) is 3.31. The first-order chi connectivity index (χ1) is 9.46. The second-order valence-corrected chi connectivity index (χ2v) is 7.35. The first-order valence-electron chi connectivity index (χ1n) is 7.32. The largest absolute Gasteiger partial charge is 0.310 e. The van der Waals surface area contributed by atoms with Crippen LogP contribution in [0.1, 0.15) is 45.2 Å². The van der Waals surface area contributed by atoms with E-state index >= 15 is 0 Å². The average Bonchev–Trinajstić information content (AvgIpc) is 2.86. The van der Waals surface area contributed by atoms with E-state index in [0.717, 1.165) is 24.9 Å². The molecule has 0 saturated carbocycles. The molecule has 0 aliphatic carbocycles. The van der Waals surface area contributed by atoms with Gasteiger partial charge < -0.3 is 5.32 Å². The molecule has 1 aliphatic heterocycles. The SMILES string of the molecule is CCNC(C)c1cccc(S(=O)(=O)N2CCCC2C)c1. The lowest BCUT2D eigenvalue weighted by molar-refractivity contribution is 0.408. The summed E-state index contributed by atoms with van der Waals surface area (Å²) in [7, 11) is -3.35. The van der Waals surface area contributed by atoms with Crippen molar-refractivity contribution in [1.82, 2.24) is 9.62 Å². The van der Waals surface area contributed by atoms with E-state index in [1.165, 1.54) is 0 Å². The summed E-state index contributed by atoms with van der Waals surface area (Å²) in [6, 6.07) is 7.56. The molecule has 0 spiro atoms. The number of nitrogens with one attached hydrogen (secondary N) is 1. The Bertz CT molecular complexity index is 557. The van der Waals surface area contributed by atoms with Gasteiger partial charge in [0, 0.05) is 18.6 Å². The number of sulfonamides is 1. The lowest BCUT2D eigenvalue weighted by atomic mass is 10.1. The molecule has 20 heavy (non-hydrogen) atoms. The van der Waals surface area contributed by atoms with Crippen molar-refractivity contribution in [1.29, 1.82) is 0 Å². The Labute approximate surface area is 122 Å². The minimum absolute atomic E-state index is 0.106. The van der Waals surface area contributed by atoms with E-state index in [1.54, 1.807) is 16.4 Å². The second kappa shape index (κ2) is 6.24. The zero-order valence-electron chi connectivity index (χ0n) is 12.5. The molecule has 5 heteroatoms. The predicted molar refractivity (Wildman–Crippen MR) is 81.1 cm³/mol. The van der Waals surface area contributed by atoms with Gasteiger partial charge in [-0.25, -0.2) is 8.42 Å². The molecular weight excluding hydrogens is 272 g/mol. The van der Waals surface area contributed by atoms with Gasteiger partial charge in [-0.05, 0) is 50.9 Å². The number of rotatable bonds is 5. The Balaban J connectivity index is 2.30. The van der Waals surface area contributed by atoms with Gasteiger partial charge in [-0.15, -0.1) is 0 Å². The highest BCUT2D eigenvalue weighted by atomic mass is 32.2. The fraction of sp³-hybridized carbons (Fsp3) is 0.600. The molecule has 4 nitrogen and oxygen atoms in total. The van der Waals surface area contributed by atoms with Crippen molar-refractivity contribution >= 4 is 10.0 Å². The van der Waals surface area contributed by atoms with Crippen molar-refractivity contribution in [2.75, 3.05) is 13.1 Å². The van der Waals surface area contributed by atoms with Crippen molar-refractivity contribution in [3.63, 3.8) is 0 Å². The Morgan fingerprint density at radius 1 is 1.45 bits per heavy atom. The molecule has 2 unspecified atom stereocenters. The molecule has 0 amide bonds. The molecule has 1 N–H and O–H groups in total. The van der Waals surface area contributed by atoms with Gasteiger partial charge in [0.1, 0.15) is 0 Å². The maximum absolute atomic E-state index is 12.7. The first kappa shape index (κ1) is 15.5. The van der Waals surface area contributed by atoms with Gasteiger partial charge in [0.15, 0.2) is 0 Å². The molecule has 0 aromatic heterocycles. The summed E-state index contributed by atoms with van der Waals surface area (Å²) in [5.74, 6) is 0. The molecule has 0 bridgehead atoms. The van der Waals surface area contributed by atoms with E-state index in [1.807, 2.05) is 32.9 Å². The predicted octanol–water partition coefficient (Wildman–Crippen LogP) is 2.53. The standard InChI is InChI=1S/C15H24N2O2S/c1-4-16-13(3)14-8-5-9-15(11-14)20(18,19)17-10-6-7-12(17)2/h5,8-9,11-13,16H,4,6-7,10H2,1-3H3.